The van der Waals surface area contributed by atoms with Crippen molar-refractivity contribution in [2.24, 2.45) is 11.1 Å². The van der Waals surface area contributed by atoms with Gasteiger partial charge in [-0.15, -0.1) is 0 Å². The van der Waals surface area contributed by atoms with Crippen molar-refractivity contribution >= 4 is 5.84 Å². The van der Waals surface area contributed by atoms with Gasteiger partial charge >= 0.3 is 0 Å². The molecule has 0 aromatic rings. The van der Waals surface area contributed by atoms with Crippen LogP contribution in [0, 0.1) is 10.8 Å². The van der Waals surface area contributed by atoms with Gasteiger partial charge in [0, 0.05) is 19.1 Å². The van der Waals surface area contributed by atoms with E-state index in [4.69, 9.17) is 15.9 Å². The Bertz CT molecular complexity index is 121. The average molecular weight is 144 g/mol. The van der Waals surface area contributed by atoms with Crippen LogP contribution in [-0.2, 0) is 4.74 Å². The lowest BCUT2D eigenvalue weighted by Gasteiger charge is -2.21. The highest BCUT2D eigenvalue weighted by atomic mass is 16.5. The van der Waals surface area contributed by atoms with Gasteiger partial charge in [-0.1, -0.05) is 13.8 Å². The van der Waals surface area contributed by atoms with Gasteiger partial charge in [-0.05, 0) is 6.42 Å². The Kier molecular flexibility index (Phi) is 3.36. The molecule has 0 saturated heterocycles. The first kappa shape index (κ1) is 9.43. The predicted octanol–water partition coefficient (Wildman–Crippen LogP) is 0.985. The number of amidine groups is 1. The summed E-state index contributed by atoms with van der Waals surface area (Å²) >= 11 is 0. The number of nitrogens with one attached hydrogen (secondary N) is 1. The molecule has 0 fully saturated rings. The molecule has 0 aromatic carbocycles. The topological polar surface area (TPSA) is 59.1 Å². The molecule has 0 aliphatic carbocycles. The summed E-state index contributed by atoms with van der Waals surface area (Å²) < 4.78 is 4.88. The first-order chi connectivity index (χ1) is 4.50. The summed E-state index contributed by atoms with van der Waals surface area (Å²) in [6, 6.07) is 0. The molecule has 3 heteroatoms. The Morgan fingerprint density at radius 3 is 2.40 bits per heavy atom. The summed E-state index contributed by atoms with van der Waals surface area (Å²) in [4.78, 5) is 0. The second-order valence-electron chi connectivity index (χ2n) is 3.04. The van der Waals surface area contributed by atoms with Crippen molar-refractivity contribution in [2.75, 3.05) is 13.7 Å². The molecule has 0 bridgehead atoms. The molecule has 60 valence electrons. The first-order valence-corrected chi connectivity index (χ1v) is 3.34. The Hall–Kier alpha value is -0.570. The summed E-state index contributed by atoms with van der Waals surface area (Å²) in [6.45, 7) is 4.54. The van der Waals surface area contributed by atoms with Crippen LogP contribution in [-0.4, -0.2) is 19.6 Å². The fourth-order valence-corrected chi connectivity index (χ4v) is 0.492. The van der Waals surface area contributed by atoms with Crippen LogP contribution in [0.2, 0.25) is 0 Å². The fourth-order valence-electron chi connectivity index (χ4n) is 0.492. The number of hydrogen-bond donors (Lipinski definition) is 2. The van der Waals surface area contributed by atoms with E-state index in [1.54, 1.807) is 7.11 Å². The van der Waals surface area contributed by atoms with Crippen LogP contribution in [0.4, 0.5) is 0 Å². The molecule has 0 aromatic heterocycles. The standard InChI is InChI=1S/C7H16N2O/c1-7(2,6(8)9)4-5-10-3/h4-5H2,1-3H3,(H3,8,9). The third kappa shape index (κ3) is 2.82. The van der Waals surface area contributed by atoms with E-state index in [2.05, 4.69) is 0 Å². The summed E-state index contributed by atoms with van der Waals surface area (Å²) in [5.74, 6) is 0.226. The normalized spacial score (nSPS) is 11.5. The maximum atomic E-state index is 7.20. The van der Waals surface area contributed by atoms with E-state index in [0.717, 1.165) is 6.42 Å². The van der Waals surface area contributed by atoms with E-state index >= 15 is 0 Å². The van der Waals surface area contributed by atoms with E-state index in [1.807, 2.05) is 13.8 Å². The molecule has 0 aliphatic heterocycles. The lowest BCUT2D eigenvalue weighted by Crippen LogP contribution is -2.31. The number of rotatable bonds is 4. The van der Waals surface area contributed by atoms with Crippen LogP contribution >= 0.6 is 0 Å². The number of ether oxygens (including phenoxy) is 1. The van der Waals surface area contributed by atoms with Gasteiger partial charge in [0.25, 0.3) is 0 Å². The van der Waals surface area contributed by atoms with Crippen molar-refractivity contribution in [3.8, 4) is 0 Å². The minimum atomic E-state index is -0.212. The zero-order chi connectivity index (χ0) is 8.20. The average Bonchev–Trinajstić information content (AvgIpc) is 1.84. The molecule has 3 N–H and O–H groups in total. The molecule has 0 amide bonds. The zero-order valence-corrected chi connectivity index (χ0v) is 6.90. The third-order valence-corrected chi connectivity index (χ3v) is 1.66. The van der Waals surface area contributed by atoms with Crippen LogP contribution < -0.4 is 5.73 Å². The maximum Gasteiger partial charge on any atom is 0.0963 e. The molecule has 0 rings (SSSR count). The molecule has 0 aliphatic rings. The third-order valence-electron chi connectivity index (χ3n) is 1.66. The molecule has 10 heavy (non-hydrogen) atoms. The molecule has 0 spiro atoms. The number of hydrogen-bond acceptors (Lipinski definition) is 2. The quantitative estimate of drug-likeness (QED) is 0.456. The Morgan fingerprint density at radius 2 is 2.10 bits per heavy atom. The molecular formula is C7H16N2O. The Labute approximate surface area is 62.1 Å². The second kappa shape index (κ2) is 3.56. The van der Waals surface area contributed by atoms with Gasteiger partial charge in [0.15, 0.2) is 0 Å². The van der Waals surface area contributed by atoms with E-state index in [0.29, 0.717) is 6.61 Å². The van der Waals surface area contributed by atoms with Crippen LogP contribution in [0.25, 0.3) is 0 Å². The van der Waals surface area contributed by atoms with E-state index < -0.39 is 0 Å². The minimum absolute atomic E-state index is 0.212. The smallest absolute Gasteiger partial charge is 0.0963 e. The van der Waals surface area contributed by atoms with Crippen LogP contribution in [0.1, 0.15) is 20.3 Å². The molecule has 0 saturated carbocycles. The van der Waals surface area contributed by atoms with E-state index in [-0.39, 0.29) is 11.3 Å². The maximum absolute atomic E-state index is 7.20. The second-order valence-corrected chi connectivity index (χ2v) is 3.04. The Balaban J connectivity index is 3.75. The number of methoxy groups -OCH3 is 1. The molecule has 0 unspecified atom stereocenters. The molecule has 0 radical (unpaired) electrons. The molecule has 0 heterocycles. The SMILES string of the molecule is COCCC(C)(C)C(=N)N. The summed E-state index contributed by atoms with van der Waals surface area (Å²) in [7, 11) is 1.65. The van der Waals surface area contributed by atoms with Crippen molar-refractivity contribution in [1.29, 1.82) is 5.41 Å². The Morgan fingerprint density at radius 1 is 1.60 bits per heavy atom. The van der Waals surface area contributed by atoms with Crippen molar-refractivity contribution in [1.82, 2.24) is 0 Å². The summed E-state index contributed by atoms with van der Waals surface area (Å²) in [6.07, 6.45) is 0.804. The fraction of sp³-hybridized carbons (Fsp3) is 0.857. The summed E-state index contributed by atoms with van der Waals surface area (Å²) in [5.41, 5.74) is 5.13. The number of nitrogens with two attached hydrogens (primary N) is 1. The molecule has 0 atom stereocenters. The van der Waals surface area contributed by atoms with Gasteiger partial charge in [0.2, 0.25) is 0 Å². The van der Waals surface area contributed by atoms with Crippen molar-refractivity contribution in [2.45, 2.75) is 20.3 Å². The van der Waals surface area contributed by atoms with Gasteiger partial charge in [-0.25, -0.2) is 0 Å². The molecule has 3 nitrogen and oxygen atoms in total. The first-order valence-electron chi connectivity index (χ1n) is 3.34. The zero-order valence-electron chi connectivity index (χ0n) is 6.90. The van der Waals surface area contributed by atoms with Gasteiger partial charge in [0.05, 0.1) is 5.84 Å². The highest BCUT2D eigenvalue weighted by molar-refractivity contribution is 5.82. The van der Waals surface area contributed by atoms with Crippen LogP contribution in [0.3, 0.4) is 0 Å². The van der Waals surface area contributed by atoms with Gasteiger partial charge in [-0.3, -0.25) is 5.41 Å². The lowest BCUT2D eigenvalue weighted by molar-refractivity contribution is 0.172. The van der Waals surface area contributed by atoms with Crippen LogP contribution in [0.15, 0.2) is 0 Å². The predicted molar refractivity (Wildman–Crippen MR) is 42.2 cm³/mol. The molecular weight excluding hydrogens is 128 g/mol. The monoisotopic (exact) mass is 144 g/mol. The van der Waals surface area contributed by atoms with Crippen molar-refractivity contribution in [3.63, 3.8) is 0 Å². The van der Waals surface area contributed by atoms with E-state index in [1.165, 1.54) is 0 Å². The van der Waals surface area contributed by atoms with E-state index in [9.17, 15) is 0 Å². The van der Waals surface area contributed by atoms with Crippen LogP contribution in [0.5, 0.6) is 0 Å². The van der Waals surface area contributed by atoms with Crippen molar-refractivity contribution in [3.05, 3.63) is 0 Å². The van der Waals surface area contributed by atoms with Crippen molar-refractivity contribution < 1.29 is 4.74 Å². The van der Waals surface area contributed by atoms with Gasteiger partial charge in [0.1, 0.15) is 0 Å². The summed E-state index contributed by atoms with van der Waals surface area (Å²) in [5, 5.41) is 7.20. The lowest BCUT2D eigenvalue weighted by atomic mass is 9.89. The highest BCUT2D eigenvalue weighted by Gasteiger charge is 2.20. The highest BCUT2D eigenvalue weighted by Crippen LogP contribution is 2.18. The van der Waals surface area contributed by atoms with Gasteiger partial charge in [-0.2, -0.15) is 0 Å². The minimum Gasteiger partial charge on any atom is -0.387 e. The largest absolute Gasteiger partial charge is 0.387 e. The van der Waals surface area contributed by atoms with Gasteiger partial charge < -0.3 is 10.5 Å².